The van der Waals surface area contributed by atoms with Crippen LogP contribution in [0.25, 0.3) is 0 Å². The molecule has 32 heavy (non-hydrogen) atoms. The molecular weight excluding hydrogens is 469 g/mol. The highest BCUT2D eigenvalue weighted by molar-refractivity contribution is 7.89. The predicted molar refractivity (Wildman–Crippen MR) is 127 cm³/mol. The van der Waals surface area contributed by atoms with Crippen LogP contribution in [-0.2, 0) is 21.4 Å². The molecule has 166 valence electrons. The fraction of sp³-hybridized carbons (Fsp3) is 0.130. The molecule has 0 aliphatic rings. The number of rotatable bonds is 8. The topological polar surface area (TPSA) is 78.8 Å². The molecule has 0 saturated heterocycles. The molecule has 0 aliphatic carbocycles. The van der Waals surface area contributed by atoms with Gasteiger partial charge in [-0.1, -0.05) is 77.3 Å². The predicted octanol–water partition coefficient (Wildman–Crippen LogP) is 4.64. The van der Waals surface area contributed by atoms with Crippen LogP contribution in [0.4, 0.5) is 0 Å². The van der Waals surface area contributed by atoms with Gasteiger partial charge in [0.2, 0.25) is 10.0 Å². The van der Waals surface area contributed by atoms with Crippen molar-refractivity contribution in [3.8, 4) is 0 Å². The van der Waals surface area contributed by atoms with Crippen molar-refractivity contribution in [2.75, 3.05) is 6.54 Å². The summed E-state index contributed by atoms with van der Waals surface area (Å²) in [7, 11) is -3.92. The van der Waals surface area contributed by atoms with Crippen molar-refractivity contribution >= 4 is 45.3 Å². The molecule has 0 spiro atoms. The van der Waals surface area contributed by atoms with Gasteiger partial charge in [0.15, 0.2) is 0 Å². The van der Waals surface area contributed by atoms with Crippen molar-refractivity contribution < 1.29 is 13.2 Å². The van der Waals surface area contributed by atoms with Crippen LogP contribution in [0.3, 0.4) is 0 Å². The zero-order chi connectivity index (χ0) is 23.1. The molecule has 0 unspecified atom stereocenters. The van der Waals surface area contributed by atoms with Gasteiger partial charge in [0.05, 0.1) is 27.7 Å². The summed E-state index contributed by atoms with van der Waals surface area (Å²) in [6.07, 6.45) is 1.32. The number of carbonyl (C=O) groups excluding carboxylic acids is 1. The lowest BCUT2D eigenvalue weighted by molar-refractivity contribution is -0.121. The Morgan fingerprint density at radius 1 is 0.969 bits per heavy atom. The van der Waals surface area contributed by atoms with Gasteiger partial charge in [0.25, 0.3) is 5.91 Å². The Morgan fingerprint density at radius 2 is 1.59 bits per heavy atom. The molecule has 0 aliphatic heterocycles. The van der Waals surface area contributed by atoms with E-state index >= 15 is 0 Å². The number of aryl methyl sites for hydroxylation is 1. The molecule has 0 radical (unpaired) electrons. The smallest absolute Gasteiger partial charge is 0.255 e. The molecular formula is C23H21Cl2N3O3S. The van der Waals surface area contributed by atoms with Crippen LogP contribution in [0.2, 0.25) is 10.0 Å². The number of hydrogen-bond donors (Lipinski definition) is 1. The molecule has 3 aromatic carbocycles. The van der Waals surface area contributed by atoms with Gasteiger partial charge in [-0.05, 0) is 36.8 Å². The first-order chi connectivity index (χ1) is 15.3. The van der Waals surface area contributed by atoms with Crippen molar-refractivity contribution in [2.45, 2.75) is 18.4 Å². The second-order valence-corrected chi connectivity index (χ2v) is 9.75. The van der Waals surface area contributed by atoms with Crippen molar-refractivity contribution in [1.29, 1.82) is 0 Å². The standard InChI is InChI=1S/C23H21Cl2N3O3S/c1-17-10-12-19(13-11-17)32(30,31)28(15-18-6-3-2-4-7-18)16-23(29)27-26-14-20-21(24)8-5-9-22(20)25/h2-14H,15-16H2,1H3,(H,27,29)/b26-14-. The monoisotopic (exact) mass is 489 g/mol. The molecule has 3 rings (SSSR count). The van der Waals surface area contributed by atoms with Crippen molar-refractivity contribution in [1.82, 2.24) is 9.73 Å². The Hall–Kier alpha value is -2.71. The minimum Gasteiger partial charge on any atom is -0.272 e. The van der Waals surface area contributed by atoms with Gasteiger partial charge in [0, 0.05) is 12.1 Å². The second-order valence-electron chi connectivity index (χ2n) is 7.00. The summed E-state index contributed by atoms with van der Waals surface area (Å²) in [5, 5.41) is 4.63. The van der Waals surface area contributed by atoms with Gasteiger partial charge in [0.1, 0.15) is 0 Å². The maximum absolute atomic E-state index is 13.2. The van der Waals surface area contributed by atoms with Gasteiger partial charge >= 0.3 is 0 Å². The summed E-state index contributed by atoms with van der Waals surface area (Å²) in [4.78, 5) is 12.6. The van der Waals surface area contributed by atoms with Gasteiger partial charge < -0.3 is 0 Å². The highest BCUT2D eigenvalue weighted by atomic mass is 35.5. The SMILES string of the molecule is Cc1ccc(S(=O)(=O)N(CC(=O)N/N=C\c2c(Cl)cccc2Cl)Cc2ccccc2)cc1. The fourth-order valence-electron chi connectivity index (χ4n) is 2.87. The lowest BCUT2D eigenvalue weighted by atomic mass is 10.2. The Balaban J connectivity index is 1.79. The third-order valence-corrected chi connectivity index (χ3v) is 7.03. The summed E-state index contributed by atoms with van der Waals surface area (Å²) < 4.78 is 27.6. The Labute approximate surface area is 197 Å². The molecule has 0 bridgehead atoms. The zero-order valence-electron chi connectivity index (χ0n) is 17.2. The fourth-order valence-corrected chi connectivity index (χ4v) is 4.75. The number of nitrogens with one attached hydrogen (secondary N) is 1. The summed E-state index contributed by atoms with van der Waals surface area (Å²) in [5.74, 6) is -0.601. The number of nitrogens with zero attached hydrogens (tertiary/aromatic N) is 2. The number of amides is 1. The van der Waals surface area contributed by atoms with Crippen LogP contribution in [0.15, 0.2) is 82.8 Å². The van der Waals surface area contributed by atoms with E-state index in [0.29, 0.717) is 15.6 Å². The molecule has 9 heteroatoms. The number of halogens is 2. The second kappa shape index (κ2) is 10.7. The Kier molecular flexibility index (Phi) is 8.04. The van der Waals surface area contributed by atoms with Gasteiger partial charge in [-0.15, -0.1) is 0 Å². The molecule has 1 N–H and O–H groups in total. The highest BCUT2D eigenvalue weighted by Crippen LogP contribution is 2.22. The van der Waals surface area contributed by atoms with E-state index in [2.05, 4.69) is 10.5 Å². The van der Waals surface area contributed by atoms with Gasteiger partial charge in [-0.25, -0.2) is 13.8 Å². The highest BCUT2D eigenvalue weighted by Gasteiger charge is 2.26. The number of sulfonamides is 1. The lowest BCUT2D eigenvalue weighted by Gasteiger charge is -2.21. The van der Waals surface area contributed by atoms with E-state index in [9.17, 15) is 13.2 Å². The number of hydrazone groups is 1. The first kappa shape index (κ1) is 23.9. The molecule has 3 aromatic rings. The van der Waals surface area contributed by atoms with E-state index in [1.54, 1.807) is 42.5 Å². The molecule has 0 aromatic heterocycles. The quantitative estimate of drug-likeness (QED) is 0.369. The molecule has 0 fully saturated rings. The van der Waals surface area contributed by atoms with Crippen LogP contribution in [0.5, 0.6) is 0 Å². The average Bonchev–Trinajstić information content (AvgIpc) is 2.76. The van der Waals surface area contributed by atoms with Crippen molar-refractivity contribution in [3.05, 3.63) is 99.5 Å². The number of benzene rings is 3. The molecule has 6 nitrogen and oxygen atoms in total. The minimum atomic E-state index is -3.92. The van der Waals surface area contributed by atoms with Gasteiger partial charge in [-0.2, -0.15) is 9.41 Å². The summed E-state index contributed by atoms with van der Waals surface area (Å²) in [6.45, 7) is 1.48. The normalized spacial score (nSPS) is 11.8. The summed E-state index contributed by atoms with van der Waals surface area (Å²) in [6, 6.07) is 20.5. The van der Waals surface area contributed by atoms with E-state index in [-0.39, 0.29) is 11.4 Å². The van der Waals surface area contributed by atoms with Crippen LogP contribution in [-0.4, -0.2) is 31.4 Å². The first-order valence-corrected chi connectivity index (χ1v) is 11.8. The van der Waals surface area contributed by atoms with Gasteiger partial charge in [-0.3, -0.25) is 4.79 Å². The van der Waals surface area contributed by atoms with E-state index in [1.165, 1.54) is 18.3 Å². The average molecular weight is 490 g/mol. The van der Waals surface area contributed by atoms with Crippen LogP contribution in [0, 0.1) is 6.92 Å². The van der Waals surface area contributed by atoms with E-state index in [0.717, 1.165) is 15.4 Å². The van der Waals surface area contributed by atoms with E-state index in [4.69, 9.17) is 23.2 Å². The maximum atomic E-state index is 13.2. The third-order valence-electron chi connectivity index (χ3n) is 4.56. The van der Waals surface area contributed by atoms with Crippen LogP contribution >= 0.6 is 23.2 Å². The Bertz CT molecular complexity index is 1190. The minimum absolute atomic E-state index is 0.0323. The molecule has 1 amide bonds. The largest absolute Gasteiger partial charge is 0.272 e. The summed E-state index contributed by atoms with van der Waals surface area (Å²) in [5.41, 5.74) is 4.48. The van der Waals surface area contributed by atoms with Crippen LogP contribution < -0.4 is 5.43 Å². The molecule has 0 heterocycles. The van der Waals surface area contributed by atoms with E-state index in [1.807, 2.05) is 25.1 Å². The lowest BCUT2D eigenvalue weighted by Crippen LogP contribution is -2.39. The van der Waals surface area contributed by atoms with Crippen molar-refractivity contribution in [3.63, 3.8) is 0 Å². The zero-order valence-corrected chi connectivity index (χ0v) is 19.5. The third kappa shape index (κ3) is 6.17. The van der Waals surface area contributed by atoms with Crippen molar-refractivity contribution in [2.24, 2.45) is 5.10 Å². The Morgan fingerprint density at radius 3 is 2.22 bits per heavy atom. The molecule has 0 saturated carbocycles. The number of hydrogen-bond acceptors (Lipinski definition) is 4. The first-order valence-electron chi connectivity index (χ1n) is 9.64. The molecule has 0 atom stereocenters. The van der Waals surface area contributed by atoms with E-state index < -0.39 is 22.5 Å². The summed E-state index contributed by atoms with van der Waals surface area (Å²) >= 11 is 12.2. The van der Waals surface area contributed by atoms with Crippen LogP contribution in [0.1, 0.15) is 16.7 Å². The number of carbonyl (C=O) groups is 1. The maximum Gasteiger partial charge on any atom is 0.255 e.